The molecule has 1 aromatic heterocycles. The maximum absolute atomic E-state index is 6.27. The van der Waals surface area contributed by atoms with Gasteiger partial charge in [-0.2, -0.15) is 0 Å². The fourth-order valence-corrected chi connectivity index (χ4v) is 4.82. The fourth-order valence-electron chi connectivity index (χ4n) is 3.18. The molecule has 0 saturated carbocycles. The van der Waals surface area contributed by atoms with Gasteiger partial charge in [-0.3, -0.25) is 0 Å². The quantitative estimate of drug-likeness (QED) is 0.831. The fraction of sp³-hybridized carbons (Fsp3) is 0.412. The highest BCUT2D eigenvalue weighted by Gasteiger charge is 2.29. The number of benzene rings is 1. The summed E-state index contributed by atoms with van der Waals surface area (Å²) in [7, 11) is 0. The van der Waals surface area contributed by atoms with Crippen LogP contribution in [0.5, 0.6) is 0 Å². The minimum atomic E-state index is -0.245. The number of nitrogens with one attached hydrogen (secondary N) is 1. The predicted octanol–water partition coefficient (Wildman–Crippen LogP) is 4.78. The van der Waals surface area contributed by atoms with E-state index in [-0.39, 0.29) is 6.10 Å². The van der Waals surface area contributed by atoms with E-state index in [1.807, 2.05) is 18.2 Å². The summed E-state index contributed by atoms with van der Waals surface area (Å²) in [6, 6.07) is 5.47. The van der Waals surface area contributed by atoms with E-state index in [1.54, 1.807) is 11.3 Å². The molecule has 0 bridgehead atoms. The highest BCUT2D eigenvalue weighted by molar-refractivity contribution is 7.10. The Morgan fingerprint density at radius 1 is 1.17 bits per heavy atom. The lowest BCUT2D eigenvalue weighted by Gasteiger charge is -2.20. The van der Waals surface area contributed by atoms with Gasteiger partial charge < -0.3 is 10.2 Å². The van der Waals surface area contributed by atoms with E-state index in [1.165, 1.54) is 5.01 Å². The largest absolute Gasteiger partial charge is 0.387 e. The minimum Gasteiger partial charge on any atom is -0.387 e. The van der Waals surface area contributed by atoms with Crippen LogP contribution in [0.1, 0.15) is 47.5 Å². The van der Waals surface area contributed by atoms with Gasteiger partial charge in [0.2, 0.25) is 0 Å². The first-order valence-electron chi connectivity index (χ1n) is 8.05. The van der Waals surface area contributed by atoms with Crippen molar-refractivity contribution in [1.29, 1.82) is 0 Å². The lowest BCUT2D eigenvalue weighted by atomic mass is 9.99. The van der Waals surface area contributed by atoms with Gasteiger partial charge in [0.15, 0.2) is 6.10 Å². The molecule has 3 heterocycles. The summed E-state index contributed by atoms with van der Waals surface area (Å²) >= 11 is 14.3. The lowest BCUT2D eigenvalue weighted by Crippen LogP contribution is -2.26. The average Bonchev–Trinajstić information content (AvgIpc) is 3.25. The molecule has 0 amide bonds. The molecule has 0 aliphatic carbocycles. The second-order valence-corrected chi connectivity index (χ2v) is 7.77. The first-order valence-corrected chi connectivity index (χ1v) is 9.69. The summed E-state index contributed by atoms with van der Waals surface area (Å²) in [5.41, 5.74) is 2.58. The molecule has 1 N–H and O–H groups in total. The Morgan fingerprint density at radius 3 is 2.67 bits per heavy atom. The molecule has 1 unspecified atom stereocenters. The Bertz CT molecular complexity index is 751. The molecule has 1 fully saturated rings. The molecule has 0 spiro atoms. The molecular formula is C17H17Cl2N3OS. The van der Waals surface area contributed by atoms with Gasteiger partial charge in [0, 0.05) is 33.3 Å². The second kappa shape index (κ2) is 7.00. The van der Waals surface area contributed by atoms with Crippen LogP contribution in [0.15, 0.2) is 28.7 Å². The van der Waals surface area contributed by atoms with E-state index in [0.717, 1.165) is 42.9 Å². The van der Waals surface area contributed by atoms with Crippen molar-refractivity contribution in [2.24, 2.45) is 5.16 Å². The summed E-state index contributed by atoms with van der Waals surface area (Å²) in [6.07, 6.45) is 2.69. The zero-order valence-corrected chi connectivity index (χ0v) is 15.3. The third-order valence-corrected chi connectivity index (χ3v) is 6.16. The minimum absolute atomic E-state index is 0.245. The first-order chi connectivity index (χ1) is 11.7. The topological polar surface area (TPSA) is 46.5 Å². The van der Waals surface area contributed by atoms with Crippen LogP contribution in [0.25, 0.3) is 0 Å². The Morgan fingerprint density at radius 2 is 1.92 bits per heavy atom. The Kier molecular flexibility index (Phi) is 4.77. The first kappa shape index (κ1) is 16.3. The monoisotopic (exact) mass is 381 g/mol. The van der Waals surface area contributed by atoms with E-state index in [0.29, 0.717) is 22.4 Å². The lowest BCUT2D eigenvalue weighted by molar-refractivity contribution is 0.0859. The van der Waals surface area contributed by atoms with E-state index in [4.69, 9.17) is 33.0 Å². The molecular weight excluding hydrogens is 365 g/mol. The van der Waals surface area contributed by atoms with Crippen LogP contribution in [0, 0.1) is 0 Å². The van der Waals surface area contributed by atoms with Crippen LogP contribution in [-0.4, -0.2) is 23.8 Å². The molecule has 24 heavy (non-hydrogen) atoms. The summed E-state index contributed by atoms with van der Waals surface area (Å²) in [6.45, 7) is 2.13. The zero-order chi connectivity index (χ0) is 16.5. The molecule has 1 atom stereocenters. The number of hydrogen-bond donors (Lipinski definition) is 1. The number of piperidine rings is 1. The number of thiazole rings is 1. The average molecular weight is 382 g/mol. The maximum Gasteiger partial charge on any atom is 0.161 e. The third-order valence-electron chi connectivity index (χ3n) is 4.50. The van der Waals surface area contributed by atoms with Crippen molar-refractivity contribution in [3.8, 4) is 0 Å². The molecule has 2 aliphatic heterocycles. The summed E-state index contributed by atoms with van der Waals surface area (Å²) in [5.74, 6) is 0.557. The molecule has 1 aromatic carbocycles. The Hall–Kier alpha value is -1.14. The van der Waals surface area contributed by atoms with Gasteiger partial charge in [0.25, 0.3) is 0 Å². The number of nitrogens with zero attached hydrogens (tertiary/aromatic N) is 2. The van der Waals surface area contributed by atoms with Crippen LogP contribution >= 0.6 is 34.5 Å². The van der Waals surface area contributed by atoms with Gasteiger partial charge in [0.05, 0.1) is 10.7 Å². The highest BCUT2D eigenvalue weighted by Crippen LogP contribution is 2.38. The van der Waals surface area contributed by atoms with Crippen LogP contribution in [-0.2, 0) is 4.84 Å². The van der Waals surface area contributed by atoms with Gasteiger partial charge in [-0.1, -0.05) is 34.4 Å². The van der Waals surface area contributed by atoms with Gasteiger partial charge in [-0.25, -0.2) is 4.98 Å². The van der Waals surface area contributed by atoms with Crippen LogP contribution in [0.2, 0.25) is 10.0 Å². The number of rotatable bonds is 3. The van der Waals surface area contributed by atoms with Gasteiger partial charge in [0.1, 0.15) is 5.71 Å². The number of oxime groups is 1. The van der Waals surface area contributed by atoms with E-state index >= 15 is 0 Å². The predicted molar refractivity (Wildman–Crippen MR) is 98.4 cm³/mol. The summed E-state index contributed by atoms with van der Waals surface area (Å²) < 4.78 is 0. The van der Waals surface area contributed by atoms with Gasteiger partial charge in [-0.15, -0.1) is 11.3 Å². The molecule has 0 radical (unpaired) electrons. The Balaban J connectivity index is 1.50. The van der Waals surface area contributed by atoms with Crippen molar-refractivity contribution in [3.63, 3.8) is 0 Å². The molecule has 7 heteroatoms. The van der Waals surface area contributed by atoms with Crippen LogP contribution in [0.4, 0.5) is 0 Å². The molecule has 4 nitrogen and oxygen atoms in total. The van der Waals surface area contributed by atoms with Crippen molar-refractivity contribution in [2.75, 3.05) is 13.1 Å². The standard InChI is InChI=1S/C17H17Cl2N3OS/c18-11-2-1-3-12(19)16(11)15-8-13(22-23-15)14-9-24-17(21-14)10-4-6-20-7-5-10/h1-3,9-10,15,20H,4-8H2. The highest BCUT2D eigenvalue weighted by atomic mass is 35.5. The summed E-state index contributed by atoms with van der Waals surface area (Å²) in [5, 5.41) is 12.1. The van der Waals surface area contributed by atoms with Crippen molar-refractivity contribution < 1.29 is 4.84 Å². The maximum atomic E-state index is 6.27. The normalized spacial score (nSPS) is 21.6. The SMILES string of the molecule is Clc1cccc(Cl)c1C1CC(c2csc(C3CCNCC3)n2)=NO1. The third kappa shape index (κ3) is 3.18. The molecule has 2 aromatic rings. The number of aromatic nitrogens is 1. The number of halogens is 2. The van der Waals surface area contributed by atoms with Crippen molar-refractivity contribution >= 4 is 40.3 Å². The van der Waals surface area contributed by atoms with Crippen molar-refractivity contribution in [3.05, 3.63) is 49.9 Å². The molecule has 2 aliphatic rings. The van der Waals surface area contributed by atoms with Crippen molar-refractivity contribution in [2.45, 2.75) is 31.3 Å². The Labute approximate surface area is 154 Å². The summed E-state index contributed by atoms with van der Waals surface area (Å²) in [4.78, 5) is 10.4. The molecule has 1 saturated heterocycles. The number of hydrogen-bond acceptors (Lipinski definition) is 5. The van der Waals surface area contributed by atoms with E-state index < -0.39 is 0 Å². The van der Waals surface area contributed by atoms with Gasteiger partial charge in [-0.05, 0) is 38.1 Å². The molecule has 4 rings (SSSR count). The van der Waals surface area contributed by atoms with E-state index in [2.05, 4.69) is 15.9 Å². The molecule has 126 valence electrons. The van der Waals surface area contributed by atoms with Crippen LogP contribution < -0.4 is 5.32 Å². The second-order valence-electron chi connectivity index (χ2n) is 6.07. The smallest absolute Gasteiger partial charge is 0.161 e. The van der Waals surface area contributed by atoms with E-state index in [9.17, 15) is 0 Å². The van der Waals surface area contributed by atoms with Gasteiger partial charge >= 0.3 is 0 Å². The van der Waals surface area contributed by atoms with Crippen LogP contribution in [0.3, 0.4) is 0 Å². The zero-order valence-electron chi connectivity index (χ0n) is 13.0. The van der Waals surface area contributed by atoms with Crippen molar-refractivity contribution in [1.82, 2.24) is 10.3 Å².